The highest BCUT2D eigenvalue weighted by Crippen LogP contribution is 2.25. The molecule has 3 rings (SSSR count). The average molecular weight is 331 g/mol. The Labute approximate surface area is 138 Å². The van der Waals surface area contributed by atoms with E-state index in [1.807, 2.05) is 18.2 Å². The Morgan fingerprint density at radius 1 is 1.38 bits per heavy atom. The summed E-state index contributed by atoms with van der Waals surface area (Å²) < 4.78 is 5.92. The van der Waals surface area contributed by atoms with E-state index in [4.69, 9.17) is 16.3 Å². The van der Waals surface area contributed by atoms with Gasteiger partial charge in [-0.1, -0.05) is 23.7 Å². The summed E-state index contributed by atoms with van der Waals surface area (Å²) in [7, 11) is 0. The quantitative estimate of drug-likeness (QED) is 0.921. The Morgan fingerprint density at radius 3 is 3.05 bits per heavy atom. The lowest BCUT2D eigenvalue weighted by molar-refractivity contribution is -0.0353. The minimum Gasteiger partial charge on any atom is -0.371 e. The molecule has 2 heterocycles. The molecule has 2 aliphatic heterocycles. The van der Waals surface area contributed by atoms with Crippen molar-refractivity contribution in [2.24, 2.45) is 5.92 Å². The third-order valence-electron chi connectivity index (χ3n) is 4.29. The van der Waals surface area contributed by atoms with Crippen LogP contribution < -0.4 is 5.32 Å². The zero-order valence-corrected chi connectivity index (χ0v) is 13.8. The molecule has 0 bridgehead atoms. The van der Waals surface area contributed by atoms with Crippen LogP contribution in [0, 0.1) is 5.92 Å². The van der Waals surface area contributed by atoms with Crippen molar-refractivity contribution in [1.82, 2.24) is 10.2 Å². The van der Waals surface area contributed by atoms with Gasteiger partial charge in [0.2, 0.25) is 0 Å². The molecule has 1 aromatic rings. The highest BCUT2D eigenvalue weighted by molar-refractivity contribution is 6.30. The van der Waals surface area contributed by atoms with Gasteiger partial charge in [0.15, 0.2) is 0 Å². The Hall–Kier alpha value is -0.320. The second-order valence-corrected chi connectivity index (χ2v) is 6.32. The Bertz CT molecular complexity index is 438. The number of morpholine rings is 1. The van der Waals surface area contributed by atoms with E-state index >= 15 is 0 Å². The van der Waals surface area contributed by atoms with Gasteiger partial charge in [0.25, 0.3) is 0 Å². The van der Waals surface area contributed by atoms with Crippen LogP contribution in [0.1, 0.15) is 24.5 Å². The van der Waals surface area contributed by atoms with E-state index in [9.17, 15) is 0 Å². The van der Waals surface area contributed by atoms with E-state index in [2.05, 4.69) is 16.3 Å². The first-order valence-electron chi connectivity index (χ1n) is 7.61. The zero-order valence-electron chi connectivity index (χ0n) is 12.3. The molecule has 1 N–H and O–H groups in total. The van der Waals surface area contributed by atoms with E-state index in [1.165, 1.54) is 38.0 Å². The lowest BCUT2D eigenvalue weighted by Crippen LogP contribution is -2.44. The van der Waals surface area contributed by atoms with Crippen LogP contribution >= 0.6 is 24.0 Å². The van der Waals surface area contributed by atoms with E-state index in [0.717, 1.165) is 30.6 Å². The van der Waals surface area contributed by atoms with Crippen molar-refractivity contribution in [3.05, 3.63) is 34.9 Å². The van der Waals surface area contributed by atoms with Crippen LogP contribution in [-0.2, 0) is 4.74 Å². The van der Waals surface area contributed by atoms with Gasteiger partial charge in [-0.15, -0.1) is 12.4 Å². The summed E-state index contributed by atoms with van der Waals surface area (Å²) in [5, 5.41) is 4.29. The highest BCUT2D eigenvalue weighted by Gasteiger charge is 2.24. The minimum absolute atomic E-state index is 0. The molecule has 2 saturated heterocycles. The molecule has 118 valence electrons. The van der Waals surface area contributed by atoms with Crippen LogP contribution in [0.2, 0.25) is 5.02 Å². The molecule has 2 atom stereocenters. The minimum atomic E-state index is 0. The van der Waals surface area contributed by atoms with E-state index in [0.29, 0.717) is 0 Å². The molecular weight excluding hydrogens is 307 g/mol. The Balaban J connectivity index is 0.00000161. The number of rotatable bonds is 3. The number of piperidine rings is 1. The number of nitrogens with zero attached hydrogens (tertiary/aromatic N) is 1. The lowest BCUT2D eigenvalue weighted by Gasteiger charge is -2.36. The maximum absolute atomic E-state index is 6.08. The summed E-state index contributed by atoms with van der Waals surface area (Å²) in [6.45, 7) is 6.39. The summed E-state index contributed by atoms with van der Waals surface area (Å²) in [5.74, 6) is 0.793. The first kappa shape index (κ1) is 17.0. The van der Waals surface area contributed by atoms with Gasteiger partial charge in [-0.3, -0.25) is 4.90 Å². The average Bonchev–Trinajstić information content (AvgIpc) is 2.49. The fraction of sp³-hybridized carbons (Fsp3) is 0.625. The molecule has 0 aliphatic carbocycles. The number of ether oxygens (including phenoxy) is 1. The van der Waals surface area contributed by atoms with Crippen molar-refractivity contribution in [3.63, 3.8) is 0 Å². The van der Waals surface area contributed by atoms with Crippen LogP contribution in [-0.4, -0.2) is 44.2 Å². The summed E-state index contributed by atoms with van der Waals surface area (Å²) in [6.07, 6.45) is 2.83. The van der Waals surface area contributed by atoms with Crippen molar-refractivity contribution >= 4 is 24.0 Å². The zero-order chi connectivity index (χ0) is 13.8. The molecule has 1 aromatic carbocycles. The topological polar surface area (TPSA) is 24.5 Å². The summed E-state index contributed by atoms with van der Waals surface area (Å²) in [6, 6.07) is 8.06. The first-order chi connectivity index (χ1) is 9.81. The summed E-state index contributed by atoms with van der Waals surface area (Å²) >= 11 is 6.08. The molecule has 0 amide bonds. The molecule has 5 heteroatoms. The van der Waals surface area contributed by atoms with Gasteiger partial charge in [0.05, 0.1) is 12.7 Å². The highest BCUT2D eigenvalue weighted by atomic mass is 35.5. The van der Waals surface area contributed by atoms with Crippen LogP contribution in [0.15, 0.2) is 24.3 Å². The van der Waals surface area contributed by atoms with Crippen LogP contribution in [0.4, 0.5) is 0 Å². The predicted octanol–water partition coefficient (Wildman–Crippen LogP) is 3.13. The fourth-order valence-corrected chi connectivity index (χ4v) is 3.42. The number of benzene rings is 1. The molecule has 0 spiro atoms. The SMILES string of the molecule is Cl.Clc1cccc(C2CN(CC3CCCNC3)CCO2)c1. The molecule has 2 unspecified atom stereocenters. The third kappa shape index (κ3) is 4.83. The van der Waals surface area contributed by atoms with Gasteiger partial charge in [-0.05, 0) is 49.5 Å². The van der Waals surface area contributed by atoms with Gasteiger partial charge < -0.3 is 10.1 Å². The van der Waals surface area contributed by atoms with Crippen molar-refractivity contribution in [2.75, 3.05) is 39.3 Å². The molecule has 2 aliphatic rings. The molecule has 2 fully saturated rings. The molecular formula is C16H24Cl2N2O. The van der Waals surface area contributed by atoms with Crippen molar-refractivity contribution < 1.29 is 4.74 Å². The van der Waals surface area contributed by atoms with Gasteiger partial charge in [-0.25, -0.2) is 0 Å². The van der Waals surface area contributed by atoms with Crippen LogP contribution in [0.5, 0.6) is 0 Å². The number of hydrogen-bond acceptors (Lipinski definition) is 3. The van der Waals surface area contributed by atoms with Crippen molar-refractivity contribution in [3.8, 4) is 0 Å². The third-order valence-corrected chi connectivity index (χ3v) is 4.52. The summed E-state index contributed by atoms with van der Waals surface area (Å²) in [5.41, 5.74) is 1.20. The van der Waals surface area contributed by atoms with Gasteiger partial charge >= 0.3 is 0 Å². The standard InChI is InChI=1S/C16H23ClN2O.ClH/c17-15-5-1-4-14(9-15)16-12-19(7-8-20-16)11-13-3-2-6-18-10-13;/h1,4-5,9,13,16,18H,2-3,6-8,10-12H2;1H. The maximum Gasteiger partial charge on any atom is 0.0952 e. The fourth-order valence-electron chi connectivity index (χ4n) is 3.22. The smallest absolute Gasteiger partial charge is 0.0952 e. The van der Waals surface area contributed by atoms with Crippen LogP contribution in [0.25, 0.3) is 0 Å². The molecule has 21 heavy (non-hydrogen) atoms. The number of halogens is 2. The molecule has 3 nitrogen and oxygen atoms in total. The summed E-state index contributed by atoms with van der Waals surface area (Å²) in [4.78, 5) is 2.55. The second-order valence-electron chi connectivity index (χ2n) is 5.89. The van der Waals surface area contributed by atoms with Crippen molar-refractivity contribution in [1.29, 1.82) is 0 Å². The van der Waals surface area contributed by atoms with Crippen LogP contribution in [0.3, 0.4) is 0 Å². The van der Waals surface area contributed by atoms with Gasteiger partial charge in [0, 0.05) is 24.7 Å². The normalized spacial score (nSPS) is 27.1. The Kier molecular flexibility index (Phi) is 6.77. The van der Waals surface area contributed by atoms with E-state index in [1.54, 1.807) is 0 Å². The first-order valence-corrected chi connectivity index (χ1v) is 7.99. The maximum atomic E-state index is 6.08. The van der Waals surface area contributed by atoms with E-state index < -0.39 is 0 Å². The van der Waals surface area contributed by atoms with Crippen molar-refractivity contribution in [2.45, 2.75) is 18.9 Å². The second kappa shape index (κ2) is 8.35. The van der Waals surface area contributed by atoms with Gasteiger partial charge in [0.1, 0.15) is 0 Å². The monoisotopic (exact) mass is 330 g/mol. The Morgan fingerprint density at radius 2 is 2.29 bits per heavy atom. The molecule has 0 aromatic heterocycles. The molecule has 0 radical (unpaired) electrons. The number of nitrogens with one attached hydrogen (secondary N) is 1. The molecule has 0 saturated carbocycles. The van der Waals surface area contributed by atoms with E-state index in [-0.39, 0.29) is 18.5 Å². The predicted molar refractivity (Wildman–Crippen MR) is 89.4 cm³/mol. The van der Waals surface area contributed by atoms with Gasteiger partial charge in [-0.2, -0.15) is 0 Å². The largest absolute Gasteiger partial charge is 0.371 e. The lowest BCUT2D eigenvalue weighted by atomic mass is 9.98. The number of hydrogen-bond donors (Lipinski definition) is 1.